The zero-order chi connectivity index (χ0) is 32.1. The van der Waals surface area contributed by atoms with Crippen LogP contribution in [0.5, 0.6) is 11.5 Å². The number of aliphatic imine (C=N–C) groups is 1. The second-order valence-electron chi connectivity index (χ2n) is 10.2. The van der Waals surface area contributed by atoms with Gasteiger partial charge in [-0.1, -0.05) is 26.0 Å². The summed E-state index contributed by atoms with van der Waals surface area (Å²) in [6.45, 7) is 11.0. The van der Waals surface area contributed by atoms with Crippen LogP contribution in [0.25, 0.3) is 6.08 Å². The lowest BCUT2D eigenvalue weighted by molar-refractivity contribution is -0.143. The van der Waals surface area contributed by atoms with Gasteiger partial charge < -0.3 is 19.3 Å². The van der Waals surface area contributed by atoms with Gasteiger partial charge >= 0.3 is 12.4 Å². The number of halogens is 6. The number of benzene rings is 2. The summed E-state index contributed by atoms with van der Waals surface area (Å²) in [5, 5.41) is 0.647. The Kier molecular flexibility index (Phi) is 10.9. The molecule has 0 saturated carbocycles. The van der Waals surface area contributed by atoms with Crippen molar-refractivity contribution in [3.63, 3.8) is 0 Å². The average Bonchev–Trinajstić information content (AvgIpc) is 3.35. The summed E-state index contributed by atoms with van der Waals surface area (Å²) < 4.78 is 90.4. The van der Waals surface area contributed by atoms with Crippen LogP contribution >= 0.6 is 11.8 Å². The molecule has 1 saturated heterocycles. The van der Waals surface area contributed by atoms with Gasteiger partial charge in [-0.2, -0.15) is 31.3 Å². The quantitative estimate of drug-likeness (QED) is 0.224. The van der Waals surface area contributed by atoms with Gasteiger partial charge in [0.1, 0.15) is 6.61 Å². The first-order valence-corrected chi connectivity index (χ1v) is 14.9. The lowest BCUT2D eigenvalue weighted by Gasteiger charge is -2.36. The number of piperazine rings is 1. The second kappa shape index (κ2) is 14.2. The van der Waals surface area contributed by atoms with Crippen LogP contribution in [0.3, 0.4) is 0 Å². The first kappa shape index (κ1) is 33.7. The monoisotopic (exact) mass is 644 g/mol. The summed E-state index contributed by atoms with van der Waals surface area (Å²) in [6, 6.07) is 6.03. The van der Waals surface area contributed by atoms with Crippen LogP contribution in [0.2, 0.25) is 0 Å². The Morgan fingerprint density at radius 1 is 0.955 bits per heavy atom. The third-order valence-corrected chi connectivity index (χ3v) is 8.53. The molecule has 2 aromatic carbocycles. The minimum atomic E-state index is -5.01. The molecule has 0 spiro atoms. The highest BCUT2D eigenvalue weighted by molar-refractivity contribution is 8.18. The molecule has 1 amide bonds. The number of methoxy groups -OCH3 is 1. The van der Waals surface area contributed by atoms with E-state index in [9.17, 15) is 31.1 Å². The average molecular weight is 645 g/mol. The lowest BCUT2D eigenvalue weighted by atomic mass is 10.0. The van der Waals surface area contributed by atoms with E-state index in [0.29, 0.717) is 21.7 Å². The number of amidine groups is 1. The van der Waals surface area contributed by atoms with Crippen molar-refractivity contribution < 1.29 is 40.6 Å². The first-order valence-electron chi connectivity index (χ1n) is 14.1. The Morgan fingerprint density at radius 2 is 1.66 bits per heavy atom. The van der Waals surface area contributed by atoms with Crippen molar-refractivity contribution in [1.82, 2.24) is 14.7 Å². The van der Waals surface area contributed by atoms with Crippen molar-refractivity contribution in [1.29, 1.82) is 0 Å². The van der Waals surface area contributed by atoms with E-state index in [-0.39, 0.29) is 23.5 Å². The molecule has 0 aromatic heterocycles. The number of thioether (sulfide) groups is 1. The maximum Gasteiger partial charge on any atom is 0.416 e. The molecule has 0 atom stereocenters. The van der Waals surface area contributed by atoms with E-state index >= 15 is 0 Å². The Morgan fingerprint density at radius 3 is 2.27 bits per heavy atom. The van der Waals surface area contributed by atoms with Gasteiger partial charge in [0.05, 0.1) is 23.1 Å². The molecule has 0 bridgehead atoms. The standard InChI is InChI=1S/C30H34F6N4O3S/c1-4-38(5-2)10-11-39-12-14-40(15-13-39)28-37-27(41)26(44-28)17-20-6-9-24(25(16-20)42-3)43-19-21-7-8-22(29(31,32)33)18-23(21)30(34,35)36/h6-9,16-18H,4-5,10-15,19H2,1-3H3/b26-17-. The van der Waals surface area contributed by atoms with Gasteiger partial charge in [0.25, 0.3) is 5.91 Å². The molecule has 2 aliphatic rings. The molecule has 44 heavy (non-hydrogen) atoms. The molecule has 2 aliphatic heterocycles. The van der Waals surface area contributed by atoms with Crippen LogP contribution in [-0.4, -0.2) is 85.2 Å². The number of hydrogen-bond acceptors (Lipinski definition) is 7. The second-order valence-corrected chi connectivity index (χ2v) is 11.2. The fourth-order valence-electron chi connectivity index (χ4n) is 4.86. The number of alkyl halides is 6. The SMILES string of the molecule is CCN(CC)CCN1CCN(C2=NC(=O)/C(=C/c3ccc(OCc4ccc(C(F)(F)F)cc4C(F)(F)F)c(OC)c3)S2)CC1. The Labute approximate surface area is 256 Å². The van der Waals surface area contributed by atoms with Crippen molar-refractivity contribution in [3.8, 4) is 11.5 Å². The summed E-state index contributed by atoms with van der Waals surface area (Å²) in [6.07, 6.45) is -8.28. The van der Waals surface area contributed by atoms with Crippen molar-refractivity contribution in [3.05, 3.63) is 63.6 Å². The topological polar surface area (TPSA) is 57.6 Å². The normalized spacial score (nSPS) is 17.5. The predicted molar refractivity (Wildman–Crippen MR) is 158 cm³/mol. The van der Waals surface area contributed by atoms with E-state index in [1.54, 1.807) is 18.2 Å². The summed E-state index contributed by atoms with van der Waals surface area (Å²) in [4.78, 5) is 24.2. The summed E-state index contributed by atoms with van der Waals surface area (Å²) >= 11 is 1.28. The summed E-state index contributed by atoms with van der Waals surface area (Å²) in [7, 11) is 1.34. The third kappa shape index (κ3) is 8.48. The molecule has 0 aliphatic carbocycles. The highest BCUT2D eigenvalue weighted by Gasteiger charge is 2.38. The number of carbonyl (C=O) groups is 1. The van der Waals surface area contributed by atoms with Gasteiger partial charge in [0, 0.05) is 44.8 Å². The van der Waals surface area contributed by atoms with Crippen molar-refractivity contribution in [2.75, 3.05) is 59.5 Å². The fourth-order valence-corrected chi connectivity index (χ4v) is 5.83. The predicted octanol–water partition coefficient (Wildman–Crippen LogP) is 6.24. The van der Waals surface area contributed by atoms with Crippen LogP contribution < -0.4 is 9.47 Å². The molecule has 1 fully saturated rings. The molecule has 2 aromatic rings. The molecule has 14 heteroatoms. The summed E-state index contributed by atoms with van der Waals surface area (Å²) in [5.74, 6) is -0.101. The number of hydrogen-bond donors (Lipinski definition) is 0. The van der Waals surface area contributed by atoms with Crippen LogP contribution in [0, 0.1) is 0 Å². The number of likely N-dealkylation sites (N-methyl/N-ethyl adjacent to an activating group) is 1. The summed E-state index contributed by atoms with van der Waals surface area (Å²) in [5.41, 5.74) is -2.71. The van der Waals surface area contributed by atoms with E-state index in [0.717, 1.165) is 58.4 Å². The van der Waals surface area contributed by atoms with Gasteiger partial charge in [-0.25, -0.2) is 0 Å². The van der Waals surface area contributed by atoms with Gasteiger partial charge in [0.15, 0.2) is 16.7 Å². The molecular weight excluding hydrogens is 610 g/mol. The lowest BCUT2D eigenvalue weighted by Crippen LogP contribution is -2.49. The molecule has 0 radical (unpaired) electrons. The minimum absolute atomic E-state index is 0.0746. The van der Waals surface area contributed by atoms with Gasteiger partial charge in [-0.15, -0.1) is 0 Å². The fraction of sp³-hybridized carbons (Fsp3) is 0.467. The van der Waals surface area contributed by atoms with E-state index < -0.39 is 35.6 Å². The molecular formula is C30H34F6N4O3S. The van der Waals surface area contributed by atoms with E-state index in [2.05, 4.69) is 33.5 Å². The molecule has 0 N–H and O–H groups in total. The van der Waals surface area contributed by atoms with Crippen LogP contribution in [0.1, 0.15) is 36.1 Å². The molecule has 0 unspecified atom stereocenters. The van der Waals surface area contributed by atoms with E-state index in [1.807, 2.05) is 0 Å². The zero-order valence-corrected chi connectivity index (χ0v) is 25.4. The highest BCUT2D eigenvalue weighted by atomic mass is 32.2. The van der Waals surface area contributed by atoms with Crippen molar-refractivity contribution in [2.45, 2.75) is 32.8 Å². The van der Waals surface area contributed by atoms with E-state index in [1.165, 1.54) is 24.9 Å². The highest BCUT2D eigenvalue weighted by Crippen LogP contribution is 2.39. The van der Waals surface area contributed by atoms with E-state index in [4.69, 9.17) is 9.47 Å². The van der Waals surface area contributed by atoms with Gasteiger partial charge in [-0.3, -0.25) is 9.69 Å². The third-order valence-electron chi connectivity index (χ3n) is 7.49. The zero-order valence-electron chi connectivity index (χ0n) is 24.6. The Bertz CT molecular complexity index is 1380. The number of nitrogens with zero attached hydrogens (tertiary/aromatic N) is 4. The number of amides is 1. The Balaban J connectivity index is 1.39. The first-order chi connectivity index (χ1) is 20.8. The maximum atomic E-state index is 13.5. The Hall–Kier alpha value is -3.23. The minimum Gasteiger partial charge on any atom is -0.493 e. The number of ether oxygens (including phenoxy) is 2. The van der Waals surface area contributed by atoms with Gasteiger partial charge in [0.2, 0.25) is 0 Å². The van der Waals surface area contributed by atoms with Crippen molar-refractivity contribution in [2.24, 2.45) is 4.99 Å². The van der Waals surface area contributed by atoms with Crippen LogP contribution in [-0.2, 0) is 23.8 Å². The number of rotatable bonds is 10. The van der Waals surface area contributed by atoms with Crippen LogP contribution in [0.4, 0.5) is 26.3 Å². The maximum absolute atomic E-state index is 13.5. The van der Waals surface area contributed by atoms with Gasteiger partial charge in [-0.05, 0) is 60.8 Å². The largest absolute Gasteiger partial charge is 0.493 e. The van der Waals surface area contributed by atoms with Crippen LogP contribution in [0.15, 0.2) is 46.3 Å². The molecule has 4 rings (SSSR count). The molecule has 2 heterocycles. The number of carbonyl (C=O) groups excluding carboxylic acids is 1. The smallest absolute Gasteiger partial charge is 0.416 e. The van der Waals surface area contributed by atoms with Crippen molar-refractivity contribution >= 4 is 28.9 Å². The molecule has 7 nitrogen and oxygen atoms in total. The molecule has 240 valence electrons.